The van der Waals surface area contributed by atoms with Gasteiger partial charge in [0.25, 0.3) is 0 Å². The van der Waals surface area contributed by atoms with E-state index in [0.717, 1.165) is 48.6 Å². The van der Waals surface area contributed by atoms with E-state index in [9.17, 15) is 9.59 Å². The van der Waals surface area contributed by atoms with Gasteiger partial charge in [-0.2, -0.15) is 0 Å². The Morgan fingerprint density at radius 3 is 2.28 bits per heavy atom. The summed E-state index contributed by atoms with van der Waals surface area (Å²) in [6, 6.07) is 17.5. The second kappa shape index (κ2) is 13.9. The third-order valence-electron chi connectivity index (χ3n) is 8.12. The zero-order chi connectivity index (χ0) is 30.3. The van der Waals surface area contributed by atoms with Crippen LogP contribution in [0.5, 0.6) is 17.2 Å². The third kappa shape index (κ3) is 6.75. The average molecular weight is 604 g/mol. The second-order valence-electron chi connectivity index (χ2n) is 10.8. The van der Waals surface area contributed by atoms with Gasteiger partial charge >= 0.3 is 0 Å². The maximum atomic E-state index is 14.3. The average Bonchev–Trinajstić information content (AvgIpc) is 3.45. The fourth-order valence-corrected chi connectivity index (χ4v) is 6.07. The third-order valence-corrected chi connectivity index (χ3v) is 8.37. The molecule has 1 aliphatic carbocycles. The number of hydrogen-bond acceptors (Lipinski definition) is 5. The molecule has 1 atom stereocenters. The maximum Gasteiger partial charge on any atom is 0.248 e. The van der Waals surface area contributed by atoms with Crippen LogP contribution >= 0.6 is 11.6 Å². The van der Waals surface area contributed by atoms with Gasteiger partial charge < -0.3 is 24.5 Å². The van der Waals surface area contributed by atoms with Crippen LogP contribution in [0.3, 0.4) is 0 Å². The molecular formula is C34H38ClN3O5. The molecule has 0 bridgehead atoms. The molecule has 1 saturated carbocycles. The summed E-state index contributed by atoms with van der Waals surface area (Å²) in [7, 11) is 4.59. The van der Waals surface area contributed by atoms with E-state index < -0.39 is 6.04 Å². The van der Waals surface area contributed by atoms with Crippen molar-refractivity contribution >= 4 is 40.0 Å². The predicted molar refractivity (Wildman–Crippen MR) is 169 cm³/mol. The molecule has 226 valence electrons. The number of amides is 2. The highest BCUT2D eigenvalue weighted by molar-refractivity contribution is 6.30. The molecule has 2 amide bonds. The molecule has 0 aliphatic heterocycles. The van der Waals surface area contributed by atoms with Crippen molar-refractivity contribution in [3.8, 4) is 17.2 Å². The van der Waals surface area contributed by atoms with Crippen molar-refractivity contribution < 1.29 is 23.8 Å². The number of nitrogens with one attached hydrogen (secondary N) is 2. The smallest absolute Gasteiger partial charge is 0.248 e. The first-order valence-corrected chi connectivity index (χ1v) is 15.0. The van der Waals surface area contributed by atoms with Gasteiger partial charge in [0.1, 0.15) is 6.04 Å². The number of benzene rings is 3. The Hall–Kier alpha value is -4.17. The number of carbonyl (C=O) groups is 2. The summed E-state index contributed by atoms with van der Waals surface area (Å²) in [4.78, 5) is 33.5. The minimum absolute atomic E-state index is 0.0409. The van der Waals surface area contributed by atoms with Gasteiger partial charge in [0.05, 0.1) is 21.3 Å². The first kappa shape index (κ1) is 30.3. The lowest BCUT2D eigenvalue weighted by atomic mass is 9.94. The summed E-state index contributed by atoms with van der Waals surface area (Å²) in [6.45, 7) is 0. The van der Waals surface area contributed by atoms with Crippen LogP contribution in [0, 0.1) is 0 Å². The van der Waals surface area contributed by atoms with E-state index in [0.29, 0.717) is 39.9 Å². The van der Waals surface area contributed by atoms with Crippen molar-refractivity contribution in [2.24, 2.45) is 0 Å². The lowest BCUT2D eigenvalue weighted by molar-refractivity contribution is -0.127. The summed E-state index contributed by atoms with van der Waals surface area (Å²) in [5.41, 5.74) is 3.15. The summed E-state index contributed by atoms with van der Waals surface area (Å²) < 4.78 is 16.8. The normalized spacial score (nSPS) is 14.2. The number of H-pyrrole nitrogens is 1. The number of nitrogens with zero attached hydrogens (tertiary/aromatic N) is 1. The Morgan fingerprint density at radius 1 is 0.953 bits per heavy atom. The quantitative estimate of drug-likeness (QED) is 0.192. The van der Waals surface area contributed by atoms with Crippen molar-refractivity contribution in [1.82, 2.24) is 10.3 Å². The van der Waals surface area contributed by atoms with Crippen LogP contribution in [-0.4, -0.2) is 44.2 Å². The predicted octanol–water partition coefficient (Wildman–Crippen LogP) is 7.00. The van der Waals surface area contributed by atoms with E-state index in [1.807, 2.05) is 30.5 Å². The number of para-hydroxylation sites is 1. The van der Waals surface area contributed by atoms with Gasteiger partial charge in [0.15, 0.2) is 11.5 Å². The topological polar surface area (TPSA) is 92.9 Å². The van der Waals surface area contributed by atoms with Crippen LogP contribution in [0.2, 0.25) is 5.02 Å². The Bertz CT molecular complexity index is 1540. The van der Waals surface area contributed by atoms with Gasteiger partial charge in [-0.1, -0.05) is 49.1 Å². The number of ether oxygens (including phenoxy) is 3. The standard InChI is InChI=1S/C34H38ClN3O5/c1-41-29-19-23(20-30(42-2)33(29)43-3)32(34(40)37-25-9-5-4-6-10-25)38(26-16-14-24(35)15-17-26)31(39)18-13-22-21-36-28-12-8-7-11-27(22)28/h7-8,11-12,14-17,19-21,25,32,36H,4-6,9-10,13,18H2,1-3H3,(H,37,40)/t32-/m1/s1. The van der Waals surface area contributed by atoms with Crippen LogP contribution in [0.1, 0.15) is 55.7 Å². The van der Waals surface area contributed by atoms with Crippen molar-refractivity contribution in [3.63, 3.8) is 0 Å². The molecule has 2 N–H and O–H groups in total. The molecule has 1 aromatic heterocycles. The van der Waals surface area contributed by atoms with Crippen LogP contribution in [-0.2, 0) is 16.0 Å². The molecule has 0 spiro atoms. The van der Waals surface area contributed by atoms with Gasteiger partial charge in [-0.05, 0) is 72.9 Å². The highest BCUT2D eigenvalue weighted by Gasteiger charge is 2.35. The number of halogens is 1. The fourth-order valence-electron chi connectivity index (χ4n) is 5.94. The van der Waals surface area contributed by atoms with E-state index in [2.05, 4.69) is 10.3 Å². The van der Waals surface area contributed by atoms with Crippen molar-refractivity contribution in [3.05, 3.63) is 83.0 Å². The molecule has 0 unspecified atom stereocenters. The molecule has 1 fully saturated rings. The SMILES string of the molecule is COc1cc([C@H](C(=O)NC2CCCCC2)N(C(=O)CCc2c[nH]c3ccccc23)c2ccc(Cl)cc2)cc(OC)c1OC. The van der Waals surface area contributed by atoms with Crippen LogP contribution in [0.25, 0.3) is 10.9 Å². The van der Waals surface area contributed by atoms with Crippen LogP contribution in [0.4, 0.5) is 5.69 Å². The minimum Gasteiger partial charge on any atom is -0.493 e. The number of hydrogen-bond donors (Lipinski definition) is 2. The van der Waals surface area contributed by atoms with Crippen molar-refractivity contribution in [2.45, 2.75) is 57.0 Å². The van der Waals surface area contributed by atoms with E-state index >= 15 is 0 Å². The molecule has 43 heavy (non-hydrogen) atoms. The number of fused-ring (bicyclic) bond motifs is 1. The molecule has 5 rings (SSSR count). The number of rotatable bonds is 11. The monoisotopic (exact) mass is 603 g/mol. The molecule has 4 aromatic rings. The first-order valence-electron chi connectivity index (χ1n) is 14.7. The van der Waals surface area contributed by atoms with Crippen LogP contribution in [0.15, 0.2) is 66.9 Å². The summed E-state index contributed by atoms with van der Waals surface area (Å²) in [6.07, 6.45) is 7.71. The van der Waals surface area contributed by atoms with Crippen LogP contribution < -0.4 is 24.4 Å². The highest BCUT2D eigenvalue weighted by Crippen LogP contribution is 2.42. The van der Waals surface area contributed by atoms with E-state index in [1.165, 1.54) is 21.3 Å². The summed E-state index contributed by atoms with van der Waals surface area (Å²) in [5.74, 6) is 0.731. The highest BCUT2D eigenvalue weighted by atomic mass is 35.5. The summed E-state index contributed by atoms with van der Waals surface area (Å²) >= 11 is 6.25. The molecule has 1 aliphatic rings. The number of aromatic amines is 1. The van der Waals surface area contributed by atoms with Gasteiger partial charge in [-0.25, -0.2) is 0 Å². The summed E-state index contributed by atoms with van der Waals surface area (Å²) in [5, 5.41) is 4.86. The van der Waals surface area contributed by atoms with E-state index in [4.69, 9.17) is 25.8 Å². The van der Waals surface area contributed by atoms with E-state index in [-0.39, 0.29) is 24.3 Å². The fraction of sp³-hybridized carbons (Fsp3) is 0.353. The zero-order valence-corrected chi connectivity index (χ0v) is 25.6. The molecule has 0 saturated heterocycles. The zero-order valence-electron chi connectivity index (χ0n) is 24.8. The van der Waals surface area contributed by atoms with Gasteiger partial charge in [-0.3, -0.25) is 14.5 Å². The lowest BCUT2D eigenvalue weighted by Gasteiger charge is -2.34. The Labute approximate surface area is 257 Å². The molecular weight excluding hydrogens is 566 g/mol. The Morgan fingerprint density at radius 2 is 1.63 bits per heavy atom. The largest absolute Gasteiger partial charge is 0.493 e. The number of aryl methyl sites for hydroxylation is 1. The first-order chi connectivity index (χ1) is 20.9. The minimum atomic E-state index is -1.01. The van der Waals surface area contributed by atoms with Crippen molar-refractivity contribution in [2.75, 3.05) is 26.2 Å². The Balaban J connectivity index is 1.58. The number of carbonyl (C=O) groups excluding carboxylic acids is 2. The van der Waals surface area contributed by atoms with Gasteiger partial charge in [0.2, 0.25) is 17.6 Å². The second-order valence-corrected chi connectivity index (χ2v) is 11.2. The van der Waals surface area contributed by atoms with E-state index in [1.54, 1.807) is 41.3 Å². The lowest BCUT2D eigenvalue weighted by Crippen LogP contribution is -2.47. The van der Waals surface area contributed by atoms with Gasteiger partial charge in [-0.15, -0.1) is 0 Å². The molecule has 8 nitrogen and oxygen atoms in total. The number of anilines is 1. The van der Waals surface area contributed by atoms with Gasteiger partial charge in [0, 0.05) is 40.3 Å². The Kier molecular flexibility index (Phi) is 9.77. The number of methoxy groups -OCH3 is 3. The molecule has 0 radical (unpaired) electrons. The van der Waals surface area contributed by atoms with Crippen molar-refractivity contribution in [1.29, 1.82) is 0 Å². The maximum absolute atomic E-state index is 14.3. The molecule has 9 heteroatoms. The number of aromatic nitrogens is 1. The molecule has 1 heterocycles. The molecule has 3 aromatic carbocycles.